The number of aliphatic hydroxyl groups excluding tert-OH is 1. The maximum Gasteiger partial charge on any atom is 0.295 e. The van der Waals surface area contributed by atoms with Gasteiger partial charge in [0, 0.05) is 48.2 Å². The highest BCUT2D eigenvalue weighted by Crippen LogP contribution is 2.42. The van der Waals surface area contributed by atoms with Gasteiger partial charge in [-0.1, -0.05) is 24.3 Å². The van der Waals surface area contributed by atoms with Crippen LogP contribution in [0.15, 0.2) is 71.7 Å². The number of nitrogens with zero attached hydrogens (tertiary/aromatic N) is 3. The third kappa shape index (κ3) is 3.88. The summed E-state index contributed by atoms with van der Waals surface area (Å²) >= 11 is 1.47. The minimum absolute atomic E-state index is 0.129. The largest absolute Gasteiger partial charge is 0.507 e. The van der Waals surface area contributed by atoms with E-state index in [9.17, 15) is 14.7 Å². The van der Waals surface area contributed by atoms with Gasteiger partial charge in [0.25, 0.3) is 11.7 Å². The number of thiophene rings is 1. The monoisotopic (exact) mass is 513 g/mol. The lowest BCUT2D eigenvalue weighted by Gasteiger charge is -2.28. The lowest BCUT2D eigenvalue weighted by Crippen LogP contribution is -2.31. The zero-order valence-corrected chi connectivity index (χ0v) is 21.5. The fourth-order valence-corrected chi connectivity index (χ4v) is 6.22. The Kier molecular flexibility index (Phi) is 5.76. The van der Waals surface area contributed by atoms with E-state index >= 15 is 0 Å². The van der Waals surface area contributed by atoms with Gasteiger partial charge in [-0.05, 0) is 47.7 Å². The van der Waals surface area contributed by atoms with Crippen LogP contribution in [0, 0.1) is 0 Å². The van der Waals surface area contributed by atoms with E-state index in [2.05, 4.69) is 27.8 Å². The molecule has 2 aliphatic heterocycles. The van der Waals surface area contributed by atoms with Gasteiger partial charge in [-0.15, -0.1) is 11.3 Å². The van der Waals surface area contributed by atoms with E-state index in [4.69, 9.17) is 4.74 Å². The maximum absolute atomic E-state index is 13.4. The first-order chi connectivity index (χ1) is 17.9. The molecule has 0 saturated carbocycles. The van der Waals surface area contributed by atoms with Crippen LogP contribution in [-0.2, 0) is 23.1 Å². The number of aliphatic hydroxyl groups is 1. The van der Waals surface area contributed by atoms with Crippen LogP contribution in [-0.4, -0.2) is 53.0 Å². The smallest absolute Gasteiger partial charge is 0.295 e. The van der Waals surface area contributed by atoms with Gasteiger partial charge < -0.3 is 24.2 Å². The van der Waals surface area contributed by atoms with Gasteiger partial charge in [-0.25, -0.2) is 0 Å². The molecule has 0 bridgehead atoms. The number of likely N-dealkylation sites (tertiary alicyclic amines) is 1. The van der Waals surface area contributed by atoms with E-state index in [1.165, 1.54) is 11.3 Å². The Morgan fingerprint density at radius 1 is 1.11 bits per heavy atom. The van der Waals surface area contributed by atoms with Crippen LogP contribution in [0.2, 0.25) is 0 Å². The summed E-state index contributed by atoms with van der Waals surface area (Å²) in [5, 5.41) is 14.5. The number of likely N-dealkylation sites (N-methyl/N-ethyl adjacent to an activating group) is 1. The van der Waals surface area contributed by atoms with Crippen LogP contribution in [0.4, 0.5) is 5.69 Å². The molecule has 1 amide bonds. The number of rotatable bonds is 5. The number of aromatic nitrogens is 1. The molecule has 4 heterocycles. The molecule has 4 aromatic rings. The summed E-state index contributed by atoms with van der Waals surface area (Å²) < 4.78 is 7.80. The molecule has 2 aromatic heterocycles. The van der Waals surface area contributed by atoms with Crippen LogP contribution in [0.1, 0.15) is 22.0 Å². The van der Waals surface area contributed by atoms with Gasteiger partial charge in [0.1, 0.15) is 18.1 Å². The van der Waals surface area contributed by atoms with Crippen LogP contribution >= 0.6 is 11.3 Å². The van der Waals surface area contributed by atoms with E-state index in [0.29, 0.717) is 25.1 Å². The van der Waals surface area contributed by atoms with Gasteiger partial charge in [-0.3, -0.25) is 9.59 Å². The standard InChI is InChI=1S/C29H27N3O4S/c1-30-13-14-36-23-10-9-18(16-22(23)30)27(33)25-26(24-8-5-15-37-24)32(29(35)28(25)34)12-11-19-17-31(2)21-7-4-3-6-20(19)21/h3-10,15-17,26,33H,11-14H2,1-2H3/b27-25-. The molecule has 2 aromatic carbocycles. The summed E-state index contributed by atoms with van der Waals surface area (Å²) in [7, 11) is 3.97. The van der Waals surface area contributed by atoms with E-state index in [1.807, 2.05) is 49.8 Å². The molecule has 0 radical (unpaired) electrons. The quantitative estimate of drug-likeness (QED) is 0.237. The fraction of sp³-hybridized carbons (Fsp3) is 0.241. The Morgan fingerprint density at radius 3 is 2.76 bits per heavy atom. The molecule has 2 aliphatic rings. The summed E-state index contributed by atoms with van der Waals surface area (Å²) in [5.74, 6) is -0.670. The topological polar surface area (TPSA) is 75.0 Å². The molecule has 1 N–H and O–H groups in total. The first-order valence-corrected chi connectivity index (χ1v) is 13.1. The lowest BCUT2D eigenvalue weighted by atomic mass is 9.99. The molecule has 0 spiro atoms. The second kappa shape index (κ2) is 9.12. The first kappa shape index (κ1) is 23.4. The average Bonchev–Trinajstić information content (AvgIpc) is 3.61. The number of carbonyl (C=O) groups excluding carboxylic acids is 2. The van der Waals surface area contributed by atoms with Gasteiger partial charge in [-0.2, -0.15) is 0 Å². The number of anilines is 1. The normalized spacial score (nSPS) is 18.9. The fourth-order valence-electron chi connectivity index (χ4n) is 5.37. The highest BCUT2D eigenvalue weighted by Gasteiger charge is 2.46. The predicted molar refractivity (Wildman–Crippen MR) is 145 cm³/mol. The number of Topliss-reactive ketones (excluding diaryl/α,β-unsaturated/α-hetero) is 1. The Bertz CT molecular complexity index is 1550. The number of aryl methyl sites for hydroxylation is 1. The average molecular weight is 514 g/mol. The summed E-state index contributed by atoms with van der Waals surface area (Å²) in [6.45, 7) is 1.68. The minimum Gasteiger partial charge on any atom is -0.507 e. The molecule has 1 saturated heterocycles. The number of carbonyl (C=O) groups is 2. The molecule has 188 valence electrons. The van der Waals surface area contributed by atoms with Crippen molar-refractivity contribution in [3.63, 3.8) is 0 Å². The maximum atomic E-state index is 13.4. The van der Waals surface area contributed by atoms with Crippen molar-refractivity contribution in [1.29, 1.82) is 0 Å². The Labute approximate surface area is 218 Å². The second-order valence-corrected chi connectivity index (χ2v) is 10.5. The number of fused-ring (bicyclic) bond motifs is 2. The van der Waals surface area contributed by atoms with Gasteiger partial charge in [0.15, 0.2) is 0 Å². The SMILES string of the molecule is CN1CCOc2ccc(/C(O)=C3/C(=O)C(=O)N(CCc4cn(C)c5ccccc45)C3c3cccs3)cc21. The number of ketones is 1. The van der Waals surface area contributed by atoms with Gasteiger partial charge >= 0.3 is 0 Å². The molecule has 7 nitrogen and oxygen atoms in total. The van der Waals surface area contributed by atoms with Crippen LogP contribution in [0.25, 0.3) is 16.7 Å². The summed E-state index contributed by atoms with van der Waals surface area (Å²) in [5.41, 5.74) is 3.70. The van der Waals surface area contributed by atoms with E-state index in [-0.39, 0.29) is 11.3 Å². The zero-order chi connectivity index (χ0) is 25.7. The molecular weight excluding hydrogens is 486 g/mol. The Hall–Kier alpha value is -4.04. The molecule has 1 unspecified atom stereocenters. The Morgan fingerprint density at radius 2 is 1.95 bits per heavy atom. The van der Waals surface area contributed by atoms with Crippen molar-refractivity contribution in [1.82, 2.24) is 9.47 Å². The van der Waals surface area contributed by atoms with Crippen molar-refractivity contribution in [3.05, 3.63) is 87.8 Å². The van der Waals surface area contributed by atoms with Crippen molar-refractivity contribution in [2.45, 2.75) is 12.5 Å². The number of ether oxygens (including phenoxy) is 1. The molecular formula is C29H27N3O4S. The van der Waals surface area contributed by atoms with Gasteiger partial charge in [0.2, 0.25) is 0 Å². The van der Waals surface area contributed by atoms with Crippen molar-refractivity contribution >= 4 is 45.4 Å². The zero-order valence-electron chi connectivity index (χ0n) is 20.7. The minimum atomic E-state index is -0.656. The molecule has 37 heavy (non-hydrogen) atoms. The summed E-state index contributed by atoms with van der Waals surface area (Å²) in [4.78, 5) is 31.2. The number of benzene rings is 2. The summed E-state index contributed by atoms with van der Waals surface area (Å²) in [6, 6.07) is 16.7. The highest BCUT2D eigenvalue weighted by atomic mass is 32.1. The lowest BCUT2D eigenvalue weighted by molar-refractivity contribution is -0.139. The third-order valence-corrected chi connectivity index (χ3v) is 8.21. The highest BCUT2D eigenvalue weighted by molar-refractivity contribution is 7.10. The predicted octanol–water partition coefficient (Wildman–Crippen LogP) is 4.73. The van der Waals surface area contributed by atoms with Crippen LogP contribution < -0.4 is 9.64 Å². The Balaban J connectivity index is 1.39. The van der Waals surface area contributed by atoms with Crippen molar-refractivity contribution < 1.29 is 19.4 Å². The number of hydrogen-bond donors (Lipinski definition) is 1. The second-order valence-electron chi connectivity index (χ2n) is 9.49. The number of para-hydroxylation sites is 1. The summed E-state index contributed by atoms with van der Waals surface area (Å²) in [6.07, 6.45) is 2.67. The van der Waals surface area contributed by atoms with Crippen molar-refractivity contribution in [2.75, 3.05) is 31.6 Å². The van der Waals surface area contributed by atoms with Crippen LogP contribution in [0.3, 0.4) is 0 Å². The van der Waals surface area contributed by atoms with Crippen LogP contribution in [0.5, 0.6) is 5.75 Å². The van der Waals surface area contributed by atoms with Gasteiger partial charge in [0.05, 0.1) is 23.8 Å². The third-order valence-electron chi connectivity index (χ3n) is 7.28. The van der Waals surface area contributed by atoms with Crippen molar-refractivity contribution in [3.8, 4) is 5.75 Å². The molecule has 1 atom stereocenters. The molecule has 1 fully saturated rings. The molecule has 8 heteroatoms. The van der Waals surface area contributed by atoms with Crippen molar-refractivity contribution in [2.24, 2.45) is 7.05 Å². The number of hydrogen-bond acceptors (Lipinski definition) is 6. The number of amides is 1. The van der Waals surface area contributed by atoms with E-state index in [1.54, 1.807) is 17.0 Å². The molecule has 6 rings (SSSR count). The first-order valence-electron chi connectivity index (χ1n) is 12.3. The molecule has 0 aliphatic carbocycles. The van der Waals surface area contributed by atoms with E-state index in [0.717, 1.165) is 39.3 Å². The van der Waals surface area contributed by atoms with E-state index < -0.39 is 17.7 Å².